The van der Waals surface area contributed by atoms with Gasteiger partial charge in [0.05, 0.1) is 48.9 Å². The van der Waals surface area contributed by atoms with E-state index >= 15 is 0 Å². The summed E-state index contributed by atoms with van der Waals surface area (Å²) in [6.07, 6.45) is 6.59. The summed E-state index contributed by atoms with van der Waals surface area (Å²) in [7, 11) is 1.51. The van der Waals surface area contributed by atoms with Crippen molar-refractivity contribution in [1.29, 1.82) is 0 Å². The average molecular weight is 418 g/mol. The summed E-state index contributed by atoms with van der Waals surface area (Å²) in [6, 6.07) is 1.81. The van der Waals surface area contributed by atoms with Crippen molar-refractivity contribution in [3.8, 4) is 17.0 Å². The zero-order valence-corrected chi connectivity index (χ0v) is 16.1. The lowest BCUT2D eigenvalue weighted by Gasteiger charge is -2.15. The summed E-state index contributed by atoms with van der Waals surface area (Å²) in [6.45, 7) is -2.61. The van der Waals surface area contributed by atoms with E-state index in [1.807, 2.05) is 5.32 Å². The van der Waals surface area contributed by atoms with Crippen LogP contribution in [0, 0.1) is 0 Å². The molecule has 150 valence electrons. The van der Waals surface area contributed by atoms with Crippen LogP contribution < -0.4 is 15.4 Å². The lowest BCUT2D eigenvalue weighted by Crippen LogP contribution is -2.21. The first-order chi connectivity index (χ1) is 15.2. The van der Waals surface area contributed by atoms with Gasteiger partial charge in [-0.25, -0.2) is 0 Å². The molecule has 1 aliphatic carbocycles. The summed E-state index contributed by atoms with van der Waals surface area (Å²) in [5.41, 5.74) is 2.24. The molecule has 1 aliphatic rings. The summed E-state index contributed by atoms with van der Waals surface area (Å²) >= 11 is 5.99. The van der Waals surface area contributed by atoms with Gasteiger partial charge in [-0.1, -0.05) is 11.6 Å². The molecule has 10 nitrogen and oxygen atoms in total. The third-order valence-corrected chi connectivity index (χ3v) is 4.52. The van der Waals surface area contributed by atoms with Crippen LogP contribution in [-0.4, -0.2) is 50.2 Å². The first-order valence-corrected chi connectivity index (χ1v) is 9.15. The number of carbonyl (C=O) groups is 1. The van der Waals surface area contributed by atoms with Crippen molar-refractivity contribution in [1.82, 2.24) is 35.5 Å². The molecule has 29 heavy (non-hydrogen) atoms. The van der Waals surface area contributed by atoms with Crippen LogP contribution in [0.25, 0.3) is 11.3 Å². The third-order valence-electron chi connectivity index (χ3n) is 4.34. The summed E-state index contributed by atoms with van der Waals surface area (Å²) in [5, 5.41) is 21.6. The molecule has 3 heterocycles. The Morgan fingerprint density at radius 3 is 2.97 bits per heavy atom. The molecule has 4 rings (SSSR count). The standard InChI is InChI=1S/C18H19ClN8O2/c1-20-17(28)6-13-12(5-16(19)25-24-13)23-15-8-21-7-11(18(15)29-2)14-9-22-27(26-14)10-3-4-10/h5,7-10H,3-4,6H2,1-2H3,(H,20,28)(H,23,25)/i1D3. The highest BCUT2D eigenvalue weighted by atomic mass is 35.5. The number of pyridine rings is 1. The second kappa shape index (κ2) is 8.00. The van der Waals surface area contributed by atoms with E-state index in [-0.39, 0.29) is 17.3 Å². The van der Waals surface area contributed by atoms with Crippen molar-refractivity contribution < 1.29 is 13.6 Å². The zero-order valence-electron chi connectivity index (χ0n) is 18.4. The minimum atomic E-state index is -2.61. The fourth-order valence-electron chi connectivity index (χ4n) is 2.79. The topological polar surface area (TPSA) is 120 Å². The maximum Gasteiger partial charge on any atom is 0.225 e. The molecule has 1 saturated carbocycles. The van der Waals surface area contributed by atoms with E-state index in [0.717, 1.165) is 12.8 Å². The number of ether oxygens (including phenoxy) is 1. The Kier molecular flexibility index (Phi) is 4.31. The predicted octanol–water partition coefficient (Wildman–Crippen LogP) is 2.16. The van der Waals surface area contributed by atoms with E-state index in [1.165, 1.54) is 19.4 Å². The Morgan fingerprint density at radius 1 is 1.34 bits per heavy atom. The molecule has 0 spiro atoms. The van der Waals surface area contributed by atoms with Crippen LogP contribution in [-0.2, 0) is 11.2 Å². The van der Waals surface area contributed by atoms with Gasteiger partial charge in [-0.05, 0) is 12.8 Å². The first kappa shape index (κ1) is 15.6. The number of likely N-dealkylation sites (N-methyl/N-ethyl adjacent to an activating group) is 1. The van der Waals surface area contributed by atoms with Crippen molar-refractivity contribution in [2.75, 3.05) is 19.4 Å². The molecule has 1 fully saturated rings. The molecule has 11 heteroatoms. The molecule has 3 aromatic rings. The van der Waals surface area contributed by atoms with E-state index in [1.54, 1.807) is 17.2 Å². The molecular formula is C18H19ClN8O2. The van der Waals surface area contributed by atoms with Crippen LogP contribution in [0.4, 0.5) is 11.4 Å². The Balaban J connectivity index is 1.63. The van der Waals surface area contributed by atoms with Crippen molar-refractivity contribution >= 4 is 28.9 Å². The number of nitrogens with zero attached hydrogens (tertiary/aromatic N) is 6. The number of aromatic nitrogens is 6. The molecule has 0 bridgehead atoms. The Morgan fingerprint density at radius 2 is 2.21 bits per heavy atom. The largest absolute Gasteiger partial charge is 0.494 e. The average Bonchev–Trinajstić information content (AvgIpc) is 3.45. The van der Waals surface area contributed by atoms with Crippen molar-refractivity contribution in [3.05, 3.63) is 35.5 Å². The van der Waals surface area contributed by atoms with Gasteiger partial charge in [0, 0.05) is 23.4 Å². The van der Waals surface area contributed by atoms with Crippen molar-refractivity contribution in [3.63, 3.8) is 0 Å². The number of methoxy groups -OCH3 is 1. The number of carbonyl (C=O) groups excluding carboxylic acids is 1. The van der Waals surface area contributed by atoms with E-state index < -0.39 is 12.9 Å². The van der Waals surface area contributed by atoms with Crippen LogP contribution >= 0.6 is 11.6 Å². The number of anilines is 2. The third kappa shape index (κ3) is 4.11. The molecule has 0 saturated heterocycles. The molecule has 0 aliphatic heterocycles. The van der Waals surface area contributed by atoms with Gasteiger partial charge in [-0.2, -0.15) is 20.1 Å². The van der Waals surface area contributed by atoms with E-state index in [0.29, 0.717) is 34.4 Å². The van der Waals surface area contributed by atoms with Gasteiger partial charge in [0.25, 0.3) is 0 Å². The quantitative estimate of drug-likeness (QED) is 0.600. The van der Waals surface area contributed by atoms with Gasteiger partial charge in [0.15, 0.2) is 10.9 Å². The Hall–Kier alpha value is -3.27. The normalized spacial score (nSPS) is 15.2. The number of rotatable bonds is 7. The monoisotopic (exact) mass is 417 g/mol. The second-order valence-corrected chi connectivity index (χ2v) is 6.81. The van der Waals surface area contributed by atoms with E-state index in [9.17, 15) is 4.79 Å². The van der Waals surface area contributed by atoms with Crippen LogP contribution in [0.15, 0.2) is 24.7 Å². The van der Waals surface area contributed by atoms with Crippen LogP contribution in [0.3, 0.4) is 0 Å². The van der Waals surface area contributed by atoms with Crippen LogP contribution in [0.1, 0.15) is 28.7 Å². The highest BCUT2D eigenvalue weighted by molar-refractivity contribution is 6.29. The summed E-state index contributed by atoms with van der Waals surface area (Å²) in [4.78, 5) is 18.0. The predicted molar refractivity (Wildman–Crippen MR) is 106 cm³/mol. The van der Waals surface area contributed by atoms with Crippen molar-refractivity contribution in [2.24, 2.45) is 0 Å². The van der Waals surface area contributed by atoms with E-state index in [4.69, 9.17) is 20.5 Å². The minimum Gasteiger partial charge on any atom is -0.494 e. The van der Waals surface area contributed by atoms with Gasteiger partial charge < -0.3 is 15.4 Å². The highest BCUT2D eigenvalue weighted by Crippen LogP contribution is 2.38. The Bertz CT molecular complexity index is 1150. The first-order valence-electron chi connectivity index (χ1n) is 10.3. The fourth-order valence-corrected chi connectivity index (χ4v) is 2.94. The molecule has 0 aromatic carbocycles. The number of hydrogen-bond acceptors (Lipinski definition) is 8. The fraction of sp³-hybridized carbons (Fsp3) is 0.333. The van der Waals surface area contributed by atoms with Gasteiger partial charge >= 0.3 is 0 Å². The molecule has 2 N–H and O–H groups in total. The van der Waals surface area contributed by atoms with Crippen LogP contribution in [0.5, 0.6) is 5.75 Å². The van der Waals surface area contributed by atoms with Gasteiger partial charge in [0.2, 0.25) is 5.91 Å². The second-order valence-electron chi connectivity index (χ2n) is 6.43. The summed E-state index contributed by atoms with van der Waals surface area (Å²) < 4.78 is 27.1. The molecule has 0 unspecified atom stereocenters. The SMILES string of the molecule is [2H]C([2H])([2H])NC(=O)Cc1nnc(Cl)cc1Nc1cncc(-c2cnn(C3CC3)n2)c1OC. The smallest absolute Gasteiger partial charge is 0.225 e. The summed E-state index contributed by atoms with van der Waals surface area (Å²) in [5.74, 6) is -0.283. The molecule has 0 radical (unpaired) electrons. The maximum atomic E-state index is 12.1. The minimum absolute atomic E-state index is 0.0861. The zero-order chi connectivity index (χ0) is 22.9. The Labute approximate surface area is 175 Å². The molecule has 0 atom stereocenters. The molecule has 3 aromatic heterocycles. The number of halogens is 1. The van der Waals surface area contributed by atoms with Crippen LogP contribution in [0.2, 0.25) is 5.15 Å². The lowest BCUT2D eigenvalue weighted by atomic mass is 10.1. The molecule has 1 amide bonds. The number of amides is 1. The number of hydrogen-bond donors (Lipinski definition) is 2. The van der Waals surface area contributed by atoms with Gasteiger partial charge in [-0.3, -0.25) is 9.78 Å². The highest BCUT2D eigenvalue weighted by Gasteiger charge is 2.26. The maximum absolute atomic E-state index is 12.1. The van der Waals surface area contributed by atoms with E-state index in [2.05, 4.69) is 30.7 Å². The van der Waals surface area contributed by atoms with Gasteiger partial charge in [-0.15, -0.1) is 5.10 Å². The van der Waals surface area contributed by atoms with Gasteiger partial charge in [0.1, 0.15) is 11.4 Å². The van der Waals surface area contributed by atoms with Crippen molar-refractivity contribution in [2.45, 2.75) is 25.3 Å². The lowest BCUT2D eigenvalue weighted by molar-refractivity contribution is -0.120. The number of nitrogens with one attached hydrogen (secondary N) is 2. The molecular weight excluding hydrogens is 396 g/mol.